The van der Waals surface area contributed by atoms with E-state index in [2.05, 4.69) is 31.2 Å². The van der Waals surface area contributed by atoms with Gasteiger partial charge >= 0.3 is 0 Å². The van der Waals surface area contributed by atoms with Gasteiger partial charge in [-0.2, -0.15) is 0 Å². The average Bonchev–Trinajstić information content (AvgIpc) is 2.29. The quantitative estimate of drug-likeness (QED) is 0.946. The molecule has 0 radical (unpaired) electrons. The van der Waals surface area contributed by atoms with Crippen molar-refractivity contribution in [2.24, 2.45) is 0 Å². The first kappa shape index (κ1) is 12.1. The molecule has 3 nitrogen and oxygen atoms in total. The number of nitrogens with zero attached hydrogens (tertiary/aromatic N) is 2. The van der Waals surface area contributed by atoms with E-state index < -0.39 is 0 Å². The first-order valence-corrected chi connectivity index (χ1v) is 5.90. The Morgan fingerprint density at radius 2 is 1.94 bits per heavy atom. The van der Waals surface area contributed by atoms with E-state index in [1.54, 1.807) is 18.5 Å². The maximum Gasteiger partial charge on any atom is 0.159 e. The van der Waals surface area contributed by atoms with Crippen LogP contribution in [0.5, 0.6) is 0 Å². The van der Waals surface area contributed by atoms with Crippen molar-refractivity contribution in [2.45, 2.75) is 6.54 Å². The van der Waals surface area contributed by atoms with Crippen LogP contribution in [0.3, 0.4) is 0 Å². The Morgan fingerprint density at radius 3 is 2.53 bits per heavy atom. The fourth-order valence-corrected chi connectivity index (χ4v) is 1.95. The highest BCUT2D eigenvalue weighted by molar-refractivity contribution is 9.10. The van der Waals surface area contributed by atoms with E-state index in [4.69, 9.17) is 0 Å². The fraction of sp³-hybridized carbons (Fsp3) is 0.167. The van der Waals surface area contributed by atoms with Gasteiger partial charge in [0.25, 0.3) is 0 Å². The average molecular weight is 296 g/mol. The van der Waals surface area contributed by atoms with Gasteiger partial charge in [0, 0.05) is 34.5 Å². The zero-order valence-electron chi connectivity index (χ0n) is 9.24. The number of hydrogen-bond acceptors (Lipinski definition) is 3. The van der Waals surface area contributed by atoms with Gasteiger partial charge in [0.2, 0.25) is 0 Å². The summed E-state index contributed by atoms with van der Waals surface area (Å²) in [4.78, 5) is 8.42. The maximum atomic E-state index is 13.2. The number of halogens is 2. The number of nitrogens with one attached hydrogen (secondary N) is 1. The topological polar surface area (TPSA) is 37.8 Å². The molecule has 0 amide bonds. The number of aromatic nitrogens is 2. The lowest BCUT2D eigenvalue weighted by molar-refractivity contribution is 0.627. The number of hydrogen-bond donors (Lipinski definition) is 1. The third-order valence-electron chi connectivity index (χ3n) is 2.21. The third-order valence-corrected chi connectivity index (χ3v) is 2.66. The van der Waals surface area contributed by atoms with E-state index >= 15 is 0 Å². The molecular weight excluding hydrogens is 285 g/mol. The van der Waals surface area contributed by atoms with Gasteiger partial charge in [-0.05, 0) is 25.2 Å². The highest BCUT2D eigenvalue weighted by atomic mass is 79.9. The number of benzene rings is 1. The van der Waals surface area contributed by atoms with Crippen molar-refractivity contribution < 1.29 is 4.39 Å². The van der Waals surface area contributed by atoms with Crippen LogP contribution in [0.4, 0.5) is 4.39 Å². The molecule has 1 heterocycles. The lowest BCUT2D eigenvalue weighted by Gasteiger charge is -2.03. The monoisotopic (exact) mass is 295 g/mol. The van der Waals surface area contributed by atoms with Crippen molar-refractivity contribution in [2.75, 3.05) is 7.05 Å². The van der Waals surface area contributed by atoms with Crippen molar-refractivity contribution >= 4 is 15.9 Å². The van der Waals surface area contributed by atoms with Gasteiger partial charge < -0.3 is 5.32 Å². The van der Waals surface area contributed by atoms with E-state index in [0.717, 1.165) is 5.56 Å². The summed E-state index contributed by atoms with van der Waals surface area (Å²) in [5.41, 5.74) is 1.65. The largest absolute Gasteiger partial charge is 0.316 e. The third kappa shape index (κ3) is 3.08. The van der Waals surface area contributed by atoms with Crippen LogP contribution in [0, 0.1) is 5.82 Å². The van der Waals surface area contributed by atoms with E-state index in [-0.39, 0.29) is 5.82 Å². The van der Waals surface area contributed by atoms with Crippen molar-refractivity contribution in [1.82, 2.24) is 15.3 Å². The van der Waals surface area contributed by atoms with Crippen LogP contribution in [-0.4, -0.2) is 17.0 Å². The summed E-state index contributed by atoms with van der Waals surface area (Å²) in [6.45, 7) is 0.715. The first-order valence-electron chi connectivity index (χ1n) is 5.11. The summed E-state index contributed by atoms with van der Waals surface area (Å²) < 4.78 is 13.9. The van der Waals surface area contributed by atoms with Gasteiger partial charge in [0.15, 0.2) is 5.82 Å². The van der Waals surface area contributed by atoms with Crippen LogP contribution in [0.1, 0.15) is 5.56 Å². The molecule has 0 bridgehead atoms. The predicted octanol–water partition coefficient (Wildman–Crippen LogP) is 2.76. The molecule has 5 heteroatoms. The second kappa shape index (κ2) is 5.33. The number of rotatable bonds is 3. The van der Waals surface area contributed by atoms with Crippen LogP contribution in [-0.2, 0) is 6.54 Å². The minimum atomic E-state index is -0.308. The van der Waals surface area contributed by atoms with Gasteiger partial charge in [0.05, 0.1) is 0 Å². The van der Waals surface area contributed by atoms with Crippen LogP contribution in [0.25, 0.3) is 11.4 Å². The lowest BCUT2D eigenvalue weighted by Crippen LogP contribution is -2.06. The molecule has 0 saturated carbocycles. The predicted molar refractivity (Wildman–Crippen MR) is 67.9 cm³/mol. The SMILES string of the molecule is CNCc1cnc(-c2cc(F)cc(Br)c2)nc1. The van der Waals surface area contributed by atoms with E-state index in [9.17, 15) is 4.39 Å². The standard InChI is InChI=1S/C12H11BrFN3/c1-15-5-8-6-16-12(17-7-8)9-2-10(13)4-11(14)3-9/h2-4,6-7,15H,5H2,1H3. The van der Waals surface area contributed by atoms with Crippen molar-refractivity contribution in [3.63, 3.8) is 0 Å². The Morgan fingerprint density at radius 1 is 1.24 bits per heavy atom. The maximum absolute atomic E-state index is 13.2. The van der Waals surface area contributed by atoms with Gasteiger partial charge in [-0.15, -0.1) is 0 Å². The first-order chi connectivity index (χ1) is 8.19. The zero-order chi connectivity index (χ0) is 12.3. The minimum absolute atomic E-state index is 0.308. The molecule has 1 aromatic carbocycles. The Kier molecular flexibility index (Phi) is 3.81. The Balaban J connectivity index is 2.32. The zero-order valence-corrected chi connectivity index (χ0v) is 10.8. The van der Waals surface area contributed by atoms with Crippen LogP contribution in [0.15, 0.2) is 35.1 Å². The van der Waals surface area contributed by atoms with E-state index in [1.807, 2.05) is 7.05 Å². The molecule has 0 aliphatic carbocycles. The summed E-state index contributed by atoms with van der Waals surface area (Å²) in [6.07, 6.45) is 3.47. The van der Waals surface area contributed by atoms with Gasteiger partial charge in [0.1, 0.15) is 5.82 Å². The normalized spacial score (nSPS) is 10.5. The molecule has 0 fully saturated rings. The summed E-state index contributed by atoms with van der Waals surface area (Å²) in [5, 5.41) is 3.01. The van der Waals surface area contributed by atoms with E-state index in [1.165, 1.54) is 12.1 Å². The van der Waals surface area contributed by atoms with Crippen molar-refractivity contribution in [3.05, 3.63) is 46.4 Å². The smallest absolute Gasteiger partial charge is 0.159 e. The highest BCUT2D eigenvalue weighted by Crippen LogP contribution is 2.21. The Bertz CT molecular complexity index is 493. The molecule has 1 N–H and O–H groups in total. The van der Waals surface area contributed by atoms with Crippen molar-refractivity contribution in [1.29, 1.82) is 0 Å². The van der Waals surface area contributed by atoms with Crippen molar-refractivity contribution in [3.8, 4) is 11.4 Å². The van der Waals surface area contributed by atoms with Gasteiger partial charge in [-0.3, -0.25) is 0 Å². The Hall–Kier alpha value is -1.33. The molecule has 17 heavy (non-hydrogen) atoms. The molecule has 0 spiro atoms. The molecule has 0 saturated heterocycles. The van der Waals surface area contributed by atoms with E-state index in [0.29, 0.717) is 22.4 Å². The fourth-order valence-electron chi connectivity index (χ4n) is 1.48. The minimum Gasteiger partial charge on any atom is -0.316 e. The summed E-state index contributed by atoms with van der Waals surface area (Å²) in [6, 6.07) is 4.60. The second-order valence-corrected chi connectivity index (χ2v) is 4.52. The molecule has 0 aliphatic heterocycles. The Labute approximate surface area is 107 Å². The lowest BCUT2D eigenvalue weighted by atomic mass is 10.2. The summed E-state index contributed by atoms with van der Waals surface area (Å²) >= 11 is 3.24. The highest BCUT2D eigenvalue weighted by Gasteiger charge is 2.04. The molecule has 1 aromatic heterocycles. The van der Waals surface area contributed by atoms with Crippen LogP contribution >= 0.6 is 15.9 Å². The molecule has 88 valence electrons. The van der Waals surface area contributed by atoms with Crippen LogP contribution in [0.2, 0.25) is 0 Å². The van der Waals surface area contributed by atoms with Gasteiger partial charge in [-0.25, -0.2) is 14.4 Å². The molecule has 2 rings (SSSR count). The molecule has 0 atom stereocenters. The summed E-state index contributed by atoms with van der Waals surface area (Å²) in [5.74, 6) is 0.210. The second-order valence-electron chi connectivity index (χ2n) is 3.60. The summed E-state index contributed by atoms with van der Waals surface area (Å²) in [7, 11) is 1.86. The van der Waals surface area contributed by atoms with Gasteiger partial charge in [-0.1, -0.05) is 15.9 Å². The molecular formula is C12H11BrFN3. The molecule has 0 unspecified atom stereocenters. The van der Waals surface area contributed by atoms with Crippen LogP contribution < -0.4 is 5.32 Å². The molecule has 2 aromatic rings. The molecule has 0 aliphatic rings.